The molecule has 1 aromatic heterocycles. The fourth-order valence-corrected chi connectivity index (χ4v) is 2.72. The van der Waals surface area contributed by atoms with Crippen LogP contribution < -0.4 is 10.2 Å². The van der Waals surface area contributed by atoms with Gasteiger partial charge in [0.1, 0.15) is 0 Å². The minimum Gasteiger partial charge on any atom is -0.365 e. The lowest BCUT2D eigenvalue weighted by Gasteiger charge is -2.35. The van der Waals surface area contributed by atoms with E-state index in [4.69, 9.17) is 0 Å². The minimum atomic E-state index is 0.140. The molecule has 1 aliphatic heterocycles. The van der Waals surface area contributed by atoms with E-state index >= 15 is 0 Å². The van der Waals surface area contributed by atoms with Crippen molar-refractivity contribution in [3.63, 3.8) is 0 Å². The maximum atomic E-state index is 4.33. The quantitative estimate of drug-likeness (QED) is 0.904. The number of anilines is 1. The van der Waals surface area contributed by atoms with Crippen molar-refractivity contribution in [1.82, 2.24) is 10.3 Å². The molecule has 1 N–H and O–H groups in total. The fraction of sp³-hybridized carbons (Fsp3) is 0.688. The highest BCUT2D eigenvalue weighted by Gasteiger charge is 2.33. The average Bonchev–Trinajstić information content (AvgIpc) is 2.66. The second-order valence-corrected chi connectivity index (χ2v) is 7.18. The SMILES string of the molecule is CC(C)(C)NCc1ccncc1N1CCCC1(C)C. The molecule has 3 nitrogen and oxygen atoms in total. The molecule has 0 unspecified atom stereocenters. The Labute approximate surface area is 117 Å². The van der Waals surface area contributed by atoms with Crippen molar-refractivity contribution in [1.29, 1.82) is 0 Å². The van der Waals surface area contributed by atoms with Gasteiger partial charge in [-0.2, -0.15) is 0 Å². The van der Waals surface area contributed by atoms with Crippen molar-refractivity contribution in [2.24, 2.45) is 0 Å². The van der Waals surface area contributed by atoms with Crippen LogP contribution in [0.4, 0.5) is 5.69 Å². The van der Waals surface area contributed by atoms with Gasteiger partial charge in [0.05, 0.1) is 11.9 Å². The van der Waals surface area contributed by atoms with Crippen LogP contribution in [0.15, 0.2) is 18.5 Å². The molecule has 2 rings (SSSR count). The number of pyridine rings is 1. The van der Waals surface area contributed by atoms with E-state index < -0.39 is 0 Å². The molecule has 0 spiro atoms. The van der Waals surface area contributed by atoms with Crippen molar-refractivity contribution < 1.29 is 0 Å². The van der Waals surface area contributed by atoms with Gasteiger partial charge >= 0.3 is 0 Å². The number of hydrogen-bond donors (Lipinski definition) is 1. The van der Waals surface area contributed by atoms with Crippen LogP contribution >= 0.6 is 0 Å². The molecule has 19 heavy (non-hydrogen) atoms. The summed E-state index contributed by atoms with van der Waals surface area (Å²) in [6, 6.07) is 2.14. The van der Waals surface area contributed by atoms with Gasteiger partial charge in [-0.25, -0.2) is 0 Å². The molecule has 0 atom stereocenters. The third-order valence-corrected chi connectivity index (χ3v) is 3.89. The van der Waals surface area contributed by atoms with Crippen LogP contribution in [0.2, 0.25) is 0 Å². The molecular weight excluding hydrogens is 234 g/mol. The van der Waals surface area contributed by atoms with Crippen LogP contribution in [0, 0.1) is 0 Å². The van der Waals surface area contributed by atoms with E-state index in [1.54, 1.807) is 0 Å². The van der Waals surface area contributed by atoms with Gasteiger partial charge in [0.2, 0.25) is 0 Å². The summed E-state index contributed by atoms with van der Waals surface area (Å²) in [6.07, 6.45) is 6.45. The maximum Gasteiger partial charge on any atom is 0.0602 e. The Balaban J connectivity index is 2.21. The third-order valence-electron chi connectivity index (χ3n) is 3.89. The number of nitrogens with zero attached hydrogens (tertiary/aromatic N) is 2. The number of nitrogens with one attached hydrogen (secondary N) is 1. The van der Waals surface area contributed by atoms with E-state index in [0.29, 0.717) is 0 Å². The fourth-order valence-electron chi connectivity index (χ4n) is 2.72. The van der Waals surface area contributed by atoms with Crippen molar-refractivity contribution in [3.05, 3.63) is 24.0 Å². The van der Waals surface area contributed by atoms with Gasteiger partial charge in [-0.3, -0.25) is 4.98 Å². The van der Waals surface area contributed by atoms with Gasteiger partial charge in [0.15, 0.2) is 0 Å². The zero-order chi connectivity index (χ0) is 14.1. The molecule has 2 heterocycles. The Hall–Kier alpha value is -1.09. The summed E-state index contributed by atoms with van der Waals surface area (Å²) >= 11 is 0. The molecule has 106 valence electrons. The van der Waals surface area contributed by atoms with E-state index in [0.717, 1.165) is 13.1 Å². The summed E-state index contributed by atoms with van der Waals surface area (Å²) in [6.45, 7) is 13.3. The predicted octanol–water partition coefficient (Wildman–Crippen LogP) is 3.35. The first kappa shape index (κ1) is 14.3. The van der Waals surface area contributed by atoms with Gasteiger partial charge < -0.3 is 10.2 Å². The molecule has 0 bridgehead atoms. The molecule has 0 aromatic carbocycles. The zero-order valence-electron chi connectivity index (χ0n) is 13.0. The molecular formula is C16H27N3. The first-order valence-electron chi connectivity index (χ1n) is 7.25. The molecule has 1 saturated heterocycles. The predicted molar refractivity (Wildman–Crippen MR) is 81.5 cm³/mol. The van der Waals surface area contributed by atoms with Gasteiger partial charge in [-0.15, -0.1) is 0 Å². The lowest BCUT2D eigenvalue weighted by Crippen LogP contribution is -2.40. The molecule has 0 saturated carbocycles. The Kier molecular flexibility index (Phi) is 3.86. The zero-order valence-corrected chi connectivity index (χ0v) is 13.0. The van der Waals surface area contributed by atoms with Crippen LogP contribution in [-0.2, 0) is 6.54 Å². The summed E-state index contributed by atoms with van der Waals surface area (Å²) < 4.78 is 0. The molecule has 1 fully saturated rings. The van der Waals surface area contributed by atoms with Crippen LogP contribution in [0.5, 0.6) is 0 Å². The van der Waals surface area contributed by atoms with E-state index in [-0.39, 0.29) is 11.1 Å². The molecule has 3 heteroatoms. The molecule has 0 radical (unpaired) electrons. The topological polar surface area (TPSA) is 28.2 Å². The summed E-state index contributed by atoms with van der Waals surface area (Å²) in [5, 5.41) is 3.57. The number of hydrogen-bond acceptors (Lipinski definition) is 3. The monoisotopic (exact) mass is 261 g/mol. The van der Waals surface area contributed by atoms with Crippen molar-refractivity contribution in [2.75, 3.05) is 11.4 Å². The highest BCUT2D eigenvalue weighted by atomic mass is 15.2. The smallest absolute Gasteiger partial charge is 0.0602 e. The average molecular weight is 261 g/mol. The first-order chi connectivity index (χ1) is 8.80. The van der Waals surface area contributed by atoms with Crippen LogP contribution in [-0.4, -0.2) is 22.6 Å². The van der Waals surface area contributed by atoms with E-state index in [2.05, 4.69) is 55.9 Å². The van der Waals surface area contributed by atoms with Crippen LogP contribution in [0.1, 0.15) is 53.0 Å². The normalized spacial score (nSPS) is 18.9. The molecule has 1 aliphatic rings. The number of aromatic nitrogens is 1. The first-order valence-corrected chi connectivity index (χ1v) is 7.25. The van der Waals surface area contributed by atoms with E-state index in [1.165, 1.54) is 24.1 Å². The lowest BCUT2D eigenvalue weighted by molar-refractivity contribution is 0.423. The second-order valence-electron chi connectivity index (χ2n) is 7.18. The van der Waals surface area contributed by atoms with Gasteiger partial charge in [0.25, 0.3) is 0 Å². The van der Waals surface area contributed by atoms with Crippen LogP contribution in [0.25, 0.3) is 0 Å². The van der Waals surface area contributed by atoms with E-state index in [9.17, 15) is 0 Å². The standard InChI is InChI=1S/C16H27N3/c1-15(2,3)18-11-13-7-9-17-12-14(13)19-10-6-8-16(19,4)5/h7,9,12,18H,6,8,10-11H2,1-5H3. The van der Waals surface area contributed by atoms with E-state index in [1.807, 2.05) is 12.4 Å². The summed E-state index contributed by atoms with van der Waals surface area (Å²) in [7, 11) is 0. The third kappa shape index (κ3) is 3.47. The lowest BCUT2D eigenvalue weighted by atomic mass is 10.0. The summed E-state index contributed by atoms with van der Waals surface area (Å²) in [4.78, 5) is 6.84. The Morgan fingerprint density at radius 2 is 2.11 bits per heavy atom. The number of rotatable bonds is 3. The van der Waals surface area contributed by atoms with Crippen molar-refractivity contribution >= 4 is 5.69 Å². The summed E-state index contributed by atoms with van der Waals surface area (Å²) in [5.41, 5.74) is 3.03. The molecule has 1 aromatic rings. The minimum absolute atomic E-state index is 0.140. The van der Waals surface area contributed by atoms with Crippen molar-refractivity contribution in [3.8, 4) is 0 Å². The Bertz CT molecular complexity index is 432. The summed E-state index contributed by atoms with van der Waals surface area (Å²) in [5.74, 6) is 0. The second kappa shape index (κ2) is 5.12. The highest BCUT2D eigenvalue weighted by Crippen LogP contribution is 2.35. The highest BCUT2D eigenvalue weighted by molar-refractivity contribution is 5.54. The Morgan fingerprint density at radius 3 is 2.68 bits per heavy atom. The van der Waals surface area contributed by atoms with Gasteiger partial charge in [-0.1, -0.05) is 0 Å². The molecule has 0 aliphatic carbocycles. The van der Waals surface area contributed by atoms with Gasteiger partial charge in [-0.05, 0) is 59.1 Å². The van der Waals surface area contributed by atoms with Crippen molar-refractivity contribution in [2.45, 2.75) is 65.1 Å². The van der Waals surface area contributed by atoms with Gasteiger partial charge in [0, 0.05) is 30.4 Å². The molecule has 0 amide bonds. The van der Waals surface area contributed by atoms with Crippen LogP contribution in [0.3, 0.4) is 0 Å². The largest absolute Gasteiger partial charge is 0.365 e. The Morgan fingerprint density at radius 1 is 1.37 bits per heavy atom. The maximum absolute atomic E-state index is 4.33.